The molecule has 5 nitrogen and oxygen atoms in total. The maximum Gasteiger partial charge on any atom is 0.313 e. The average Bonchev–Trinajstić information content (AvgIpc) is 2.67. The Balaban J connectivity index is 1.89. The zero-order valence-corrected chi connectivity index (χ0v) is 16.2. The summed E-state index contributed by atoms with van der Waals surface area (Å²) >= 11 is 7.39. The van der Waals surface area contributed by atoms with Gasteiger partial charge in [0, 0.05) is 16.0 Å². The first kappa shape index (κ1) is 19.3. The average molecular weight is 401 g/mol. The van der Waals surface area contributed by atoms with Gasteiger partial charge in [-0.25, -0.2) is 9.97 Å². The molecule has 0 amide bonds. The second kappa shape index (κ2) is 8.97. The topological polar surface area (TPSA) is 69.2 Å². The molecule has 0 radical (unpaired) electrons. The number of aromatic nitrogens is 2. The van der Waals surface area contributed by atoms with Crippen LogP contribution in [0.4, 0.5) is 0 Å². The van der Waals surface area contributed by atoms with Crippen molar-refractivity contribution in [1.82, 2.24) is 9.97 Å². The van der Waals surface area contributed by atoms with Gasteiger partial charge in [-0.15, -0.1) is 0 Å². The molecule has 0 spiro atoms. The number of carbonyl (C=O) groups is 2. The van der Waals surface area contributed by atoms with Crippen molar-refractivity contribution in [3.8, 4) is 11.4 Å². The van der Waals surface area contributed by atoms with E-state index < -0.39 is 5.97 Å². The van der Waals surface area contributed by atoms with E-state index in [-0.39, 0.29) is 24.6 Å². The van der Waals surface area contributed by atoms with Crippen LogP contribution >= 0.6 is 23.4 Å². The molecule has 0 aliphatic rings. The molecule has 0 saturated heterocycles. The minimum absolute atomic E-state index is 0.117. The quantitative estimate of drug-likeness (QED) is 0.250. The third-order valence-electron chi connectivity index (χ3n) is 3.67. The van der Waals surface area contributed by atoms with Gasteiger partial charge in [-0.1, -0.05) is 53.7 Å². The smallest absolute Gasteiger partial charge is 0.313 e. The van der Waals surface area contributed by atoms with E-state index in [1.807, 2.05) is 36.4 Å². The summed E-state index contributed by atoms with van der Waals surface area (Å²) in [7, 11) is 0. The summed E-state index contributed by atoms with van der Waals surface area (Å²) in [6, 6.07) is 15.0. The number of rotatable bonds is 7. The molecular weight excluding hydrogens is 384 g/mol. The van der Waals surface area contributed by atoms with Crippen molar-refractivity contribution in [3.05, 3.63) is 53.6 Å². The Bertz CT molecular complexity index is 980. The molecule has 0 aliphatic carbocycles. The van der Waals surface area contributed by atoms with Gasteiger partial charge in [0.25, 0.3) is 0 Å². The molecule has 7 heteroatoms. The Morgan fingerprint density at radius 1 is 1.11 bits per heavy atom. The Hall–Kier alpha value is -2.44. The molecule has 3 aromatic rings. The number of benzene rings is 2. The monoisotopic (exact) mass is 400 g/mol. The number of ether oxygens (including phenoxy) is 1. The fourth-order valence-corrected chi connectivity index (χ4v) is 3.51. The van der Waals surface area contributed by atoms with Crippen LogP contribution in [0.5, 0.6) is 0 Å². The summed E-state index contributed by atoms with van der Waals surface area (Å²) in [5.41, 5.74) is 1.63. The fraction of sp³-hybridized carbons (Fsp3) is 0.200. The Labute approximate surface area is 166 Å². The summed E-state index contributed by atoms with van der Waals surface area (Å²) in [5, 5.41) is 1.99. The highest BCUT2D eigenvalue weighted by Crippen LogP contribution is 2.30. The minimum Gasteiger partial charge on any atom is -0.466 e. The van der Waals surface area contributed by atoms with Crippen LogP contribution in [0.15, 0.2) is 53.6 Å². The van der Waals surface area contributed by atoms with Gasteiger partial charge < -0.3 is 4.74 Å². The summed E-state index contributed by atoms with van der Waals surface area (Å²) in [6.07, 6.45) is -0.240. The predicted molar refractivity (Wildman–Crippen MR) is 107 cm³/mol. The summed E-state index contributed by atoms with van der Waals surface area (Å²) in [5.74, 6) is -0.0333. The number of nitrogens with zero attached hydrogens (tertiary/aromatic N) is 2. The molecule has 1 heterocycles. The van der Waals surface area contributed by atoms with Gasteiger partial charge in [0.2, 0.25) is 0 Å². The van der Waals surface area contributed by atoms with E-state index in [0.717, 1.165) is 16.5 Å². The lowest BCUT2D eigenvalue weighted by atomic mass is 10.2. The second-order valence-electron chi connectivity index (χ2n) is 5.69. The standard InChI is InChI=1S/C20H17ClN2O3S/c1-2-26-18(25)11-15(24)12-27-20-16-10-14(21)8-9-17(16)22-19(23-20)13-6-4-3-5-7-13/h3-10H,2,11-12H2,1H3. The molecule has 0 unspecified atom stereocenters. The van der Waals surface area contributed by atoms with Gasteiger partial charge in [0.1, 0.15) is 11.4 Å². The van der Waals surface area contributed by atoms with E-state index in [1.165, 1.54) is 11.8 Å². The molecule has 0 fully saturated rings. The number of esters is 1. The van der Waals surface area contributed by atoms with Crippen LogP contribution in [0.1, 0.15) is 13.3 Å². The first-order valence-corrected chi connectivity index (χ1v) is 9.76. The summed E-state index contributed by atoms with van der Waals surface area (Å²) in [6.45, 7) is 1.97. The summed E-state index contributed by atoms with van der Waals surface area (Å²) < 4.78 is 4.82. The van der Waals surface area contributed by atoms with Crippen LogP contribution in [0.25, 0.3) is 22.3 Å². The van der Waals surface area contributed by atoms with E-state index in [9.17, 15) is 9.59 Å². The molecule has 0 atom stereocenters. The zero-order chi connectivity index (χ0) is 19.2. The zero-order valence-electron chi connectivity index (χ0n) is 14.6. The molecule has 3 rings (SSSR count). The molecule has 0 aliphatic heterocycles. The number of ketones is 1. The number of hydrogen-bond acceptors (Lipinski definition) is 6. The van der Waals surface area contributed by atoms with Crippen molar-refractivity contribution in [2.24, 2.45) is 0 Å². The lowest BCUT2D eigenvalue weighted by Gasteiger charge is -2.09. The van der Waals surface area contributed by atoms with E-state index in [4.69, 9.17) is 16.3 Å². The van der Waals surface area contributed by atoms with E-state index in [2.05, 4.69) is 9.97 Å². The largest absolute Gasteiger partial charge is 0.466 e. The maximum absolute atomic E-state index is 12.1. The van der Waals surface area contributed by atoms with E-state index in [1.54, 1.807) is 19.1 Å². The number of hydrogen-bond donors (Lipinski definition) is 0. The van der Waals surface area contributed by atoms with Gasteiger partial charge in [0.05, 0.1) is 17.9 Å². The highest BCUT2D eigenvalue weighted by Gasteiger charge is 2.15. The van der Waals surface area contributed by atoms with Gasteiger partial charge in [0.15, 0.2) is 11.6 Å². The Morgan fingerprint density at radius 3 is 2.63 bits per heavy atom. The van der Waals surface area contributed by atoms with Crippen LogP contribution in [0.2, 0.25) is 5.02 Å². The van der Waals surface area contributed by atoms with Crippen LogP contribution in [-0.4, -0.2) is 34.1 Å². The van der Waals surface area contributed by atoms with Crippen LogP contribution in [-0.2, 0) is 14.3 Å². The number of thioether (sulfide) groups is 1. The van der Waals surface area contributed by atoms with E-state index >= 15 is 0 Å². The fourth-order valence-electron chi connectivity index (χ4n) is 2.47. The van der Waals surface area contributed by atoms with Crippen molar-refractivity contribution >= 4 is 46.0 Å². The van der Waals surface area contributed by atoms with Crippen molar-refractivity contribution in [3.63, 3.8) is 0 Å². The predicted octanol–water partition coefficient (Wildman–Crippen LogP) is 4.56. The first-order valence-electron chi connectivity index (χ1n) is 8.39. The highest BCUT2D eigenvalue weighted by atomic mass is 35.5. The molecule has 0 bridgehead atoms. The highest BCUT2D eigenvalue weighted by molar-refractivity contribution is 8.00. The minimum atomic E-state index is -0.510. The molecule has 1 aromatic heterocycles. The SMILES string of the molecule is CCOC(=O)CC(=O)CSc1nc(-c2ccccc2)nc2ccc(Cl)cc12. The van der Waals surface area contributed by atoms with Gasteiger partial charge >= 0.3 is 5.97 Å². The van der Waals surface area contributed by atoms with Gasteiger partial charge in [-0.3, -0.25) is 9.59 Å². The molecular formula is C20H17ClN2O3S. The molecule has 138 valence electrons. The normalized spacial score (nSPS) is 10.7. The van der Waals surface area contributed by atoms with Crippen molar-refractivity contribution in [2.45, 2.75) is 18.4 Å². The second-order valence-corrected chi connectivity index (χ2v) is 7.09. The first-order chi connectivity index (χ1) is 13.1. The molecule has 0 saturated carbocycles. The number of fused-ring (bicyclic) bond motifs is 1. The van der Waals surface area contributed by atoms with E-state index in [0.29, 0.717) is 15.9 Å². The lowest BCUT2D eigenvalue weighted by Crippen LogP contribution is -2.12. The molecule has 2 aromatic carbocycles. The third-order valence-corrected chi connectivity index (χ3v) is 4.96. The summed E-state index contributed by atoms with van der Waals surface area (Å²) in [4.78, 5) is 32.8. The maximum atomic E-state index is 12.1. The number of halogens is 1. The Kier molecular flexibility index (Phi) is 6.42. The van der Waals surface area contributed by atoms with Crippen molar-refractivity contribution < 1.29 is 14.3 Å². The van der Waals surface area contributed by atoms with Crippen molar-refractivity contribution in [2.75, 3.05) is 12.4 Å². The van der Waals surface area contributed by atoms with Crippen molar-refractivity contribution in [1.29, 1.82) is 0 Å². The third kappa shape index (κ3) is 5.05. The Morgan fingerprint density at radius 2 is 1.89 bits per heavy atom. The van der Waals surface area contributed by atoms with Crippen LogP contribution in [0.3, 0.4) is 0 Å². The van der Waals surface area contributed by atoms with Crippen LogP contribution in [0, 0.1) is 0 Å². The number of carbonyl (C=O) groups excluding carboxylic acids is 2. The molecule has 0 N–H and O–H groups in total. The van der Waals surface area contributed by atoms with Gasteiger partial charge in [-0.05, 0) is 25.1 Å². The molecule has 27 heavy (non-hydrogen) atoms. The van der Waals surface area contributed by atoms with Gasteiger partial charge in [-0.2, -0.15) is 0 Å². The van der Waals surface area contributed by atoms with Crippen LogP contribution < -0.4 is 0 Å². The number of Topliss-reactive ketones (excluding diaryl/α,β-unsaturated/α-hetero) is 1. The lowest BCUT2D eigenvalue weighted by molar-refractivity contribution is -0.145.